The van der Waals surface area contributed by atoms with E-state index >= 15 is 0 Å². The van der Waals surface area contributed by atoms with E-state index in [-0.39, 0.29) is 23.9 Å². The number of halogens is 3. The zero-order chi connectivity index (χ0) is 14.8. The summed E-state index contributed by atoms with van der Waals surface area (Å²) in [6, 6.07) is 2.10. The minimum atomic E-state index is -4.41. The Labute approximate surface area is 113 Å². The second-order valence-corrected chi connectivity index (χ2v) is 4.54. The molecule has 4 nitrogen and oxygen atoms in total. The summed E-state index contributed by atoms with van der Waals surface area (Å²) in [4.78, 5) is 15.0. The maximum Gasteiger partial charge on any atom is 0.417 e. The first-order valence-corrected chi connectivity index (χ1v) is 6.26. The smallest absolute Gasteiger partial charge is 0.417 e. The summed E-state index contributed by atoms with van der Waals surface area (Å²) in [6.07, 6.45) is -2.87. The van der Waals surface area contributed by atoms with Crippen molar-refractivity contribution in [1.82, 2.24) is 4.98 Å². The topological polar surface area (TPSA) is 48.4 Å². The van der Waals surface area contributed by atoms with Gasteiger partial charge in [-0.15, -0.1) is 0 Å². The molecule has 110 valence electrons. The highest BCUT2D eigenvalue weighted by atomic mass is 19.4. The SMILES string of the molecule is CCOC(=O)[C@H]1C[C@H](Oc2ccc(C(F)(F)F)cn2)C1. The summed E-state index contributed by atoms with van der Waals surface area (Å²) in [7, 11) is 0. The highest BCUT2D eigenvalue weighted by molar-refractivity contribution is 5.73. The van der Waals surface area contributed by atoms with Gasteiger partial charge in [0.15, 0.2) is 0 Å². The van der Waals surface area contributed by atoms with E-state index in [1.54, 1.807) is 6.92 Å². The number of pyridine rings is 1. The van der Waals surface area contributed by atoms with E-state index in [0.717, 1.165) is 12.3 Å². The minimum absolute atomic E-state index is 0.130. The Balaban J connectivity index is 1.83. The van der Waals surface area contributed by atoms with Crippen molar-refractivity contribution in [3.05, 3.63) is 23.9 Å². The normalized spacial score (nSPS) is 22.0. The minimum Gasteiger partial charge on any atom is -0.474 e. The van der Waals surface area contributed by atoms with Gasteiger partial charge in [-0.1, -0.05) is 0 Å². The molecule has 1 heterocycles. The van der Waals surface area contributed by atoms with Crippen LogP contribution in [0.3, 0.4) is 0 Å². The van der Waals surface area contributed by atoms with E-state index in [2.05, 4.69) is 4.98 Å². The molecule has 1 aliphatic rings. The van der Waals surface area contributed by atoms with Crippen molar-refractivity contribution in [2.24, 2.45) is 5.92 Å². The van der Waals surface area contributed by atoms with Gasteiger partial charge in [0, 0.05) is 12.3 Å². The summed E-state index contributed by atoms with van der Waals surface area (Å²) >= 11 is 0. The maximum absolute atomic E-state index is 12.3. The average molecular weight is 289 g/mol. The molecular formula is C13H14F3NO3. The highest BCUT2D eigenvalue weighted by Gasteiger charge is 2.37. The van der Waals surface area contributed by atoms with Crippen LogP contribution >= 0.6 is 0 Å². The van der Waals surface area contributed by atoms with Crippen LogP contribution in [0.5, 0.6) is 5.88 Å². The molecule has 2 rings (SSSR count). The lowest BCUT2D eigenvalue weighted by Gasteiger charge is -2.33. The molecule has 0 aromatic carbocycles. The van der Waals surface area contributed by atoms with E-state index in [0.29, 0.717) is 19.4 Å². The van der Waals surface area contributed by atoms with Crippen molar-refractivity contribution in [3.63, 3.8) is 0 Å². The lowest BCUT2D eigenvalue weighted by Crippen LogP contribution is -2.39. The first-order chi connectivity index (χ1) is 9.40. The molecule has 1 aromatic heterocycles. The molecule has 0 spiro atoms. The third kappa shape index (κ3) is 3.40. The Morgan fingerprint density at radius 3 is 2.60 bits per heavy atom. The fourth-order valence-electron chi connectivity index (χ4n) is 1.90. The Morgan fingerprint density at radius 1 is 1.40 bits per heavy atom. The number of ether oxygens (including phenoxy) is 2. The fraction of sp³-hybridized carbons (Fsp3) is 0.538. The molecule has 0 amide bonds. The van der Waals surface area contributed by atoms with E-state index in [4.69, 9.17) is 9.47 Å². The number of nitrogens with zero attached hydrogens (tertiary/aromatic N) is 1. The molecule has 7 heteroatoms. The molecule has 1 fully saturated rings. The molecule has 1 aromatic rings. The zero-order valence-corrected chi connectivity index (χ0v) is 10.8. The molecule has 0 atom stereocenters. The van der Waals surface area contributed by atoms with E-state index < -0.39 is 11.7 Å². The number of esters is 1. The third-order valence-electron chi connectivity index (χ3n) is 3.07. The molecule has 1 saturated carbocycles. The summed E-state index contributed by atoms with van der Waals surface area (Å²) < 4.78 is 47.3. The first kappa shape index (κ1) is 14.6. The maximum atomic E-state index is 12.3. The van der Waals surface area contributed by atoms with Gasteiger partial charge in [-0.25, -0.2) is 4.98 Å². The van der Waals surface area contributed by atoms with Gasteiger partial charge in [0.25, 0.3) is 0 Å². The van der Waals surface area contributed by atoms with Gasteiger partial charge in [-0.3, -0.25) is 4.79 Å². The number of carbonyl (C=O) groups excluding carboxylic acids is 1. The predicted molar refractivity (Wildman–Crippen MR) is 63.0 cm³/mol. The van der Waals surface area contributed by atoms with Crippen molar-refractivity contribution >= 4 is 5.97 Å². The van der Waals surface area contributed by atoms with Crippen LogP contribution in [0.1, 0.15) is 25.3 Å². The number of hydrogen-bond donors (Lipinski definition) is 0. The van der Waals surface area contributed by atoms with Crippen molar-refractivity contribution in [2.45, 2.75) is 32.0 Å². The van der Waals surface area contributed by atoms with Gasteiger partial charge in [0.1, 0.15) is 6.10 Å². The molecule has 0 N–H and O–H groups in total. The third-order valence-corrected chi connectivity index (χ3v) is 3.07. The van der Waals surface area contributed by atoms with Gasteiger partial charge in [-0.2, -0.15) is 13.2 Å². The Kier molecular flexibility index (Phi) is 4.15. The monoisotopic (exact) mass is 289 g/mol. The van der Waals surface area contributed by atoms with Gasteiger partial charge < -0.3 is 9.47 Å². The summed E-state index contributed by atoms with van der Waals surface area (Å²) in [5.41, 5.74) is -0.817. The Bertz CT molecular complexity index is 467. The van der Waals surface area contributed by atoms with Crippen molar-refractivity contribution in [2.75, 3.05) is 6.61 Å². The molecule has 1 aliphatic carbocycles. The van der Waals surface area contributed by atoms with E-state index in [9.17, 15) is 18.0 Å². The number of rotatable bonds is 4. The van der Waals surface area contributed by atoms with Crippen LogP contribution < -0.4 is 4.74 Å². The van der Waals surface area contributed by atoms with Gasteiger partial charge >= 0.3 is 12.1 Å². The van der Waals surface area contributed by atoms with Gasteiger partial charge in [0.2, 0.25) is 5.88 Å². The molecule has 0 saturated heterocycles. The number of aromatic nitrogens is 1. The standard InChI is InChI=1S/C13H14F3NO3/c1-2-19-12(18)8-5-10(6-8)20-11-4-3-9(7-17-11)13(14,15)16/h3-4,7-8,10H,2,5-6H2,1H3/t8-,10-. The fourth-order valence-corrected chi connectivity index (χ4v) is 1.90. The molecular weight excluding hydrogens is 275 g/mol. The summed E-state index contributed by atoms with van der Waals surface area (Å²) in [5, 5.41) is 0. The van der Waals surface area contributed by atoms with Crippen LogP contribution in [0.25, 0.3) is 0 Å². The van der Waals surface area contributed by atoms with Crippen LogP contribution in [0.15, 0.2) is 18.3 Å². The molecule has 0 unspecified atom stereocenters. The second kappa shape index (κ2) is 5.68. The van der Waals surface area contributed by atoms with Crippen LogP contribution in [-0.2, 0) is 15.7 Å². The molecule has 0 radical (unpaired) electrons. The van der Waals surface area contributed by atoms with E-state index in [1.807, 2.05) is 0 Å². The first-order valence-electron chi connectivity index (χ1n) is 6.26. The molecule has 0 aliphatic heterocycles. The number of carbonyl (C=O) groups is 1. The van der Waals surface area contributed by atoms with Crippen molar-refractivity contribution < 1.29 is 27.4 Å². The molecule has 0 bridgehead atoms. The van der Waals surface area contributed by atoms with Crippen LogP contribution in [-0.4, -0.2) is 23.7 Å². The second-order valence-electron chi connectivity index (χ2n) is 4.54. The van der Waals surface area contributed by atoms with Gasteiger partial charge in [0.05, 0.1) is 18.1 Å². The van der Waals surface area contributed by atoms with Crippen LogP contribution in [0, 0.1) is 5.92 Å². The average Bonchev–Trinajstić information content (AvgIpc) is 2.33. The lowest BCUT2D eigenvalue weighted by molar-refractivity contribution is -0.154. The Morgan fingerprint density at radius 2 is 2.10 bits per heavy atom. The predicted octanol–water partition coefficient (Wildman–Crippen LogP) is 2.82. The quantitative estimate of drug-likeness (QED) is 0.800. The number of alkyl halides is 3. The van der Waals surface area contributed by atoms with Crippen LogP contribution in [0.4, 0.5) is 13.2 Å². The Hall–Kier alpha value is -1.79. The summed E-state index contributed by atoms with van der Waals surface area (Å²) in [5.74, 6) is -0.313. The largest absolute Gasteiger partial charge is 0.474 e. The molecule has 20 heavy (non-hydrogen) atoms. The van der Waals surface area contributed by atoms with Crippen molar-refractivity contribution in [1.29, 1.82) is 0 Å². The highest BCUT2D eigenvalue weighted by Crippen LogP contribution is 2.33. The lowest BCUT2D eigenvalue weighted by atomic mass is 9.82. The summed E-state index contributed by atoms with van der Waals surface area (Å²) in [6.45, 7) is 2.07. The van der Waals surface area contributed by atoms with E-state index in [1.165, 1.54) is 6.07 Å². The van der Waals surface area contributed by atoms with Gasteiger partial charge in [-0.05, 0) is 25.8 Å². The van der Waals surface area contributed by atoms with Crippen LogP contribution in [0.2, 0.25) is 0 Å². The zero-order valence-electron chi connectivity index (χ0n) is 10.8. The van der Waals surface area contributed by atoms with Crippen molar-refractivity contribution in [3.8, 4) is 5.88 Å². The number of hydrogen-bond acceptors (Lipinski definition) is 4.